The molecule has 0 unspecified atom stereocenters. The minimum atomic E-state index is 0.142. The molecule has 4 nitrogen and oxygen atoms in total. The van der Waals surface area contributed by atoms with Crippen molar-refractivity contribution in [2.75, 3.05) is 26.2 Å². The summed E-state index contributed by atoms with van der Waals surface area (Å²) < 4.78 is 0. The highest BCUT2D eigenvalue weighted by Gasteiger charge is 2.24. The van der Waals surface area contributed by atoms with E-state index in [9.17, 15) is 4.79 Å². The molecule has 0 atom stereocenters. The van der Waals surface area contributed by atoms with Crippen molar-refractivity contribution in [1.82, 2.24) is 15.1 Å². The first-order chi connectivity index (χ1) is 11.2. The number of nitrogens with zero attached hydrogens (tertiary/aromatic N) is 2. The summed E-state index contributed by atoms with van der Waals surface area (Å²) in [6.45, 7) is 6.78. The maximum Gasteiger partial charge on any atom is 0.317 e. The Labute approximate surface area is 139 Å². The summed E-state index contributed by atoms with van der Waals surface area (Å²) in [5.41, 5.74) is 2.76. The number of amides is 2. The number of hydrogen-bond acceptors (Lipinski definition) is 2. The van der Waals surface area contributed by atoms with Crippen LogP contribution in [0.5, 0.6) is 0 Å². The van der Waals surface area contributed by atoms with Crippen LogP contribution in [0.15, 0.2) is 24.3 Å². The first kappa shape index (κ1) is 16.3. The normalized spacial score (nSPS) is 20.0. The van der Waals surface area contributed by atoms with Gasteiger partial charge in [-0.15, -0.1) is 0 Å². The summed E-state index contributed by atoms with van der Waals surface area (Å²) in [7, 11) is 0. The topological polar surface area (TPSA) is 35.6 Å². The molecule has 0 aromatic heterocycles. The van der Waals surface area contributed by atoms with Crippen LogP contribution in [-0.2, 0) is 13.0 Å². The number of hydrogen-bond donors (Lipinski definition) is 1. The van der Waals surface area contributed by atoms with Crippen LogP contribution in [0.4, 0.5) is 4.79 Å². The van der Waals surface area contributed by atoms with Gasteiger partial charge < -0.3 is 10.2 Å². The van der Waals surface area contributed by atoms with Gasteiger partial charge in [0.15, 0.2) is 0 Å². The molecule has 2 fully saturated rings. The molecule has 1 heterocycles. The second kappa shape index (κ2) is 7.82. The molecule has 0 spiro atoms. The third-order valence-corrected chi connectivity index (χ3v) is 5.18. The van der Waals surface area contributed by atoms with E-state index in [1.165, 1.54) is 24.0 Å². The van der Waals surface area contributed by atoms with Crippen molar-refractivity contribution in [3.05, 3.63) is 35.4 Å². The molecule has 1 saturated carbocycles. The van der Waals surface area contributed by atoms with Gasteiger partial charge in [-0.3, -0.25) is 4.90 Å². The first-order valence-corrected chi connectivity index (χ1v) is 9.10. The van der Waals surface area contributed by atoms with Gasteiger partial charge in [-0.1, -0.05) is 44.0 Å². The summed E-state index contributed by atoms with van der Waals surface area (Å²) in [6.07, 6.45) is 5.92. The predicted octanol–water partition coefficient (Wildman–Crippen LogP) is 3.02. The molecular formula is C19H29N3O. The Morgan fingerprint density at radius 1 is 1.04 bits per heavy atom. The number of urea groups is 1. The quantitative estimate of drug-likeness (QED) is 0.927. The van der Waals surface area contributed by atoms with E-state index in [2.05, 4.69) is 41.4 Å². The summed E-state index contributed by atoms with van der Waals surface area (Å²) >= 11 is 0. The molecule has 2 amide bonds. The lowest BCUT2D eigenvalue weighted by Gasteiger charge is -2.35. The zero-order valence-electron chi connectivity index (χ0n) is 14.3. The van der Waals surface area contributed by atoms with E-state index in [-0.39, 0.29) is 6.03 Å². The second-order valence-electron chi connectivity index (χ2n) is 6.86. The smallest absolute Gasteiger partial charge is 0.317 e. The second-order valence-corrected chi connectivity index (χ2v) is 6.86. The largest absolute Gasteiger partial charge is 0.335 e. The summed E-state index contributed by atoms with van der Waals surface area (Å²) in [5.74, 6) is 0. The molecule has 1 aromatic rings. The summed E-state index contributed by atoms with van der Waals surface area (Å²) in [6, 6.07) is 9.47. The number of nitrogens with one attached hydrogen (secondary N) is 1. The number of rotatable bonds is 4. The Morgan fingerprint density at radius 2 is 1.65 bits per heavy atom. The van der Waals surface area contributed by atoms with Crippen molar-refractivity contribution in [3.63, 3.8) is 0 Å². The van der Waals surface area contributed by atoms with Gasteiger partial charge in [0.1, 0.15) is 0 Å². The number of carbonyl (C=O) groups excluding carboxylic acids is 1. The highest BCUT2D eigenvalue weighted by atomic mass is 16.2. The Morgan fingerprint density at radius 3 is 2.26 bits per heavy atom. The van der Waals surface area contributed by atoms with E-state index in [4.69, 9.17) is 0 Å². The Hall–Kier alpha value is -1.55. The molecule has 1 aromatic carbocycles. The van der Waals surface area contributed by atoms with E-state index in [1.807, 2.05) is 4.90 Å². The average molecular weight is 315 g/mol. The van der Waals surface area contributed by atoms with Crippen molar-refractivity contribution < 1.29 is 4.79 Å². The third-order valence-electron chi connectivity index (χ3n) is 5.18. The van der Waals surface area contributed by atoms with Crippen LogP contribution >= 0.6 is 0 Å². The Balaban J connectivity index is 1.43. The highest BCUT2D eigenvalue weighted by Crippen LogP contribution is 2.18. The van der Waals surface area contributed by atoms with E-state index >= 15 is 0 Å². The van der Waals surface area contributed by atoms with Crippen LogP contribution in [0.25, 0.3) is 0 Å². The molecule has 2 aliphatic rings. The first-order valence-electron chi connectivity index (χ1n) is 9.10. The minimum Gasteiger partial charge on any atom is -0.335 e. The van der Waals surface area contributed by atoms with Gasteiger partial charge in [-0.25, -0.2) is 4.79 Å². The van der Waals surface area contributed by atoms with Gasteiger partial charge in [0.25, 0.3) is 0 Å². The van der Waals surface area contributed by atoms with Crippen molar-refractivity contribution in [2.24, 2.45) is 0 Å². The van der Waals surface area contributed by atoms with Crippen molar-refractivity contribution in [1.29, 1.82) is 0 Å². The number of piperazine rings is 1. The van der Waals surface area contributed by atoms with Crippen LogP contribution in [-0.4, -0.2) is 48.1 Å². The number of aryl methyl sites for hydroxylation is 1. The van der Waals surface area contributed by atoms with Crippen LogP contribution in [0, 0.1) is 0 Å². The molecule has 0 bridgehead atoms. The van der Waals surface area contributed by atoms with E-state index < -0.39 is 0 Å². The van der Waals surface area contributed by atoms with Gasteiger partial charge in [0.2, 0.25) is 0 Å². The molecule has 1 N–H and O–H groups in total. The maximum absolute atomic E-state index is 12.3. The Kier molecular flexibility index (Phi) is 5.55. The van der Waals surface area contributed by atoms with Crippen LogP contribution in [0.1, 0.15) is 43.7 Å². The molecule has 1 aliphatic carbocycles. The lowest BCUT2D eigenvalue weighted by molar-refractivity contribution is 0.133. The van der Waals surface area contributed by atoms with Gasteiger partial charge in [0.05, 0.1) is 0 Å². The Bertz CT molecular complexity index is 500. The standard InChI is InChI=1S/C19H29N3O/c1-2-16-7-9-17(10-8-16)15-21-11-13-22(14-12-21)19(23)20-18-5-3-4-6-18/h7-10,18H,2-6,11-15H2,1H3,(H,20,23). The summed E-state index contributed by atoms with van der Waals surface area (Å²) in [4.78, 5) is 16.7. The van der Waals surface area contributed by atoms with Gasteiger partial charge in [-0.2, -0.15) is 0 Å². The highest BCUT2D eigenvalue weighted by molar-refractivity contribution is 5.74. The van der Waals surface area contributed by atoms with Crippen LogP contribution < -0.4 is 5.32 Å². The molecule has 1 aliphatic heterocycles. The van der Waals surface area contributed by atoms with Crippen LogP contribution in [0.3, 0.4) is 0 Å². The van der Waals surface area contributed by atoms with Gasteiger partial charge in [0, 0.05) is 38.8 Å². The molecule has 1 saturated heterocycles. The lowest BCUT2D eigenvalue weighted by atomic mass is 10.1. The molecule has 4 heteroatoms. The number of carbonyl (C=O) groups is 1. The van der Waals surface area contributed by atoms with Crippen molar-refractivity contribution in [2.45, 2.75) is 51.6 Å². The molecule has 126 valence electrons. The monoisotopic (exact) mass is 315 g/mol. The van der Waals surface area contributed by atoms with E-state index in [1.54, 1.807) is 0 Å². The fraction of sp³-hybridized carbons (Fsp3) is 0.632. The van der Waals surface area contributed by atoms with Crippen molar-refractivity contribution >= 4 is 6.03 Å². The van der Waals surface area contributed by atoms with E-state index in [0.717, 1.165) is 52.0 Å². The molecule has 23 heavy (non-hydrogen) atoms. The van der Waals surface area contributed by atoms with Gasteiger partial charge in [-0.05, 0) is 30.4 Å². The lowest BCUT2D eigenvalue weighted by Crippen LogP contribution is -2.52. The van der Waals surface area contributed by atoms with Gasteiger partial charge >= 0.3 is 6.03 Å². The minimum absolute atomic E-state index is 0.142. The van der Waals surface area contributed by atoms with Crippen molar-refractivity contribution in [3.8, 4) is 0 Å². The fourth-order valence-corrected chi connectivity index (χ4v) is 3.58. The predicted molar refractivity (Wildman–Crippen MR) is 93.5 cm³/mol. The zero-order chi connectivity index (χ0) is 16.1. The zero-order valence-corrected chi connectivity index (χ0v) is 14.3. The SMILES string of the molecule is CCc1ccc(CN2CCN(C(=O)NC3CCCC3)CC2)cc1. The molecular weight excluding hydrogens is 286 g/mol. The summed E-state index contributed by atoms with van der Waals surface area (Å²) in [5, 5.41) is 3.19. The van der Waals surface area contributed by atoms with E-state index in [0.29, 0.717) is 6.04 Å². The molecule has 0 radical (unpaired) electrons. The average Bonchev–Trinajstić information content (AvgIpc) is 3.09. The third kappa shape index (κ3) is 4.47. The molecule has 3 rings (SSSR count). The maximum atomic E-state index is 12.3. The number of benzene rings is 1. The fourth-order valence-electron chi connectivity index (χ4n) is 3.58. The van der Waals surface area contributed by atoms with Crippen LogP contribution in [0.2, 0.25) is 0 Å².